The molecule has 0 bridgehead atoms. The van der Waals surface area contributed by atoms with E-state index < -0.39 is 36.3 Å². The molecule has 72 heavy (non-hydrogen) atoms. The fourth-order valence-corrected chi connectivity index (χ4v) is 8.32. The highest BCUT2D eigenvalue weighted by molar-refractivity contribution is 5.72. The van der Waals surface area contributed by atoms with Crippen LogP contribution in [0.15, 0.2) is 24.3 Å². The van der Waals surface area contributed by atoms with E-state index in [1.165, 1.54) is 25.7 Å². The van der Waals surface area contributed by atoms with Crippen LogP contribution in [-0.2, 0) is 52.3 Å². The van der Waals surface area contributed by atoms with Crippen LogP contribution in [0, 0.1) is 11.8 Å². The van der Waals surface area contributed by atoms with E-state index in [9.17, 15) is 24.0 Å². The topological polar surface area (TPSA) is 165 Å². The lowest BCUT2D eigenvalue weighted by Gasteiger charge is -2.20. The number of likely N-dealkylation sites (tertiary alicyclic amines) is 1. The molecule has 1 saturated heterocycles. The summed E-state index contributed by atoms with van der Waals surface area (Å²) in [5.74, 6) is -2.01. The zero-order valence-corrected chi connectivity index (χ0v) is 46.2. The minimum absolute atomic E-state index is 0.0222. The van der Waals surface area contributed by atoms with E-state index in [2.05, 4.69) is 69.1 Å². The number of esters is 4. The van der Waals surface area contributed by atoms with Gasteiger partial charge in [-0.1, -0.05) is 123 Å². The Morgan fingerprint density at radius 3 is 1.64 bits per heavy atom. The van der Waals surface area contributed by atoms with Gasteiger partial charge in [-0.15, -0.1) is 0 Å². The third-order valence-corrected chi connectivity index (χ3v) is 12.9. The Morgan fingerprint density at radius 2 is 1.04 bits per heavy atom. The second-order valence-corrected chi connectivity index (χ2v) is 19.6. The first-order chi connectivity index (χ1) is 35.1. The molecule has 418 valence electrons. The molecule has 3 unspecified atom stereocenters. The summed E-state index contributed by atoms with van der Waals surface area (Å²) in [7, 11) is 0. The van der Waals surface area contributed by atoms with Crippen molar-refractivity contribution in [3.63, 3.8) is 0 Å². The monoisotopic (exact) mass is 1020 g/mol. The smallest absolute Gasteiger partial charge is 0.407 e. The highest BCUT2D eigenvalue weighted by atomic mass is 16.7. The third kappa shape index (κ3) is 40.0. The maximum absolute atomic E-state index is 13.2. The Morgan fingerprint density at radius 1 is 0.514 bits per heavy atom. The quantitative estimate of drug-likeness (QED) is 0.0201. The Hall–Kier alpha value is -3.49. The Bertz CT molecular complexity index is 1380. The molecule has 1 amide bonds. The number of unbranched alkanes of at least 4 members (excludes halogenated alkanes) is 12. The van der Waals surface area contributed by atoms with Gasteiger partial charge in [-0.2, -0.15) is 0 Å². The summed E-state index contributed by atoms with van der Waals surface area (Å²) in [4.78, 5) is 66.9. The van der Waals surface area contributed by atoms with Gasteiger partial charge in [0.25, 0.3) is 0 Å². The van der Waals surface area contributed by atoms with Crippen molar-refractivity contribution in [2.75, 3.05) is 65.8 Å². The summed E-state index contributed by atoms with van der Waals surface area (Å²) in [5.41, 5.74) is 0. The lowest BCUT2D eigenvalue weighted by atomic mass is 9.95. The molecule has 0 saturated carbocycles. The summed E-state index contributed by atoms with van der Waals surface area (Å²) in [6.45, 7) is 15.1. The second kappa shape index (κ2) is 48.4. The normalized spacial score (nSPS) is 14.2. The number of carbonyl (C=O) groups excluding carboxylic acids is 5. The molecule has 1 rings (SSSR count). The van der Waals surface area contributed by atoms with Crippen LogP contribution in [-0.4, -0.2) is 113 Å². The van der Waals surface area contributed by atoms with Crippen molar-refractivity contribution in [2.24, 2.45) is 11.8 Å². The zero-order chi connectivity index (χ0) is 52.5. The van der Waals surface area contributed by atoms with Gasteiger partial charge >= 0.3 is 30.0 Å². The maximum Gasteiger partial charge on any atom is 0.407 e. The van der Waals surface area contributed by atoms with Crippen LogP contribution in [0.2, 0.25) is 0 Å². The van der Waals surface area contributed by atoms with Gasteiger partial charge in [0, 0.05) is 45.6 Å². The molecule has 3 atom stereocenters. The Kier molecular flexibility index (Phi) is 44.8. The number of amides is 1. The number of alkyl carbamates (subject to hydrolysis) is 1. The van der Waals surface area contributed by atoms with Crippen LogP contribution in [0.25, 0.3) is 0 Å². The fourth-order valence-electron chi connectivity index (χ4n) is 8.32. The average molecular weight is 1020 g/mol. The van der Waals surface area contributed by atoms with Gasteiger partial charge in [-0.25, -0.2) is 4.79 Å². The van der Waals surface area contributed by atoms with E-state index in [4.69, 9.17) is 33.2 Å². The third-order valence-electron chi connectivity index (χ3n) is 12.9. The largest absolute Gasteiger partial charge is 0.465 e. The number of ether oxygens (including phenoxy) is 7. The van der Waals surface area contributed by atoms with Gasteiger partial charge in [0.2, 0.25) is 0 Å². The molecule has 0 aliphatic carbocycles. The molecule has 0 aromatic carbocycles. The summed E-state index contributed by atoms with van der Waals surface area (Å²) < 4.78 is 40.6. The molecule has 14 nitrogen and oxygen atoms in total. The fraction of sp³-hybridized carbons (Fsp3) is 0.845. The first-order valence-electron chi connectivity index (χ1n) is 29.0. The first kappa shape index (κ1) is 66.5. The lowest BCUT2D eigenvalue weighted by Crippen LogP contribution is -2.35. The van der Waals surface area contributed by atoms with E-state index in [1.807, 2.05) is 0 Å². The summed E-state index contributed by atoms with van der Waals surface area (Å²) in [5, 5.41) is 2.85. The molecule has 0 aromatic heterocycles. The SMILES string of the molecule is CC/C=C\CCCCOC(CCC(=O)OCC(COC(=O)CCCCCCOC(=O)C(CCCC)CCCCCC)COC(=O)CCC(CCCC)OC(=O)NCCN1CCCC1)OCCCC/C=C\CC. The minimum Gasteiger partial charge on any atom is -0.465 e. The van der Waals surface area contributed by atoms with Gasteiger partial charge in [0.15, 0.2) is 6.29 Å². The molecular formula is C58H104N2O12. The van der Waals surface area contributed by atoms with Gasteiger partial charge < -0.3 is 43.4 Å². The first-order valence-corrected chi connectivity index (χ1v) is 29.0. The second-order valence-electron chi connectivity index (χ2n) is 19.6. The number of nitrogens with zero attached hydrogens (tertiary/aromatic N) is 1. The molecule has 1 fully saturated rings. The van der Waals surface area contributed by atoms with Gasteiger partial charge in [0.05, 0.1) is 24.9 Å². The summed E-state index contributed by atoms with van der Waals surface area (Å²) >= 11 is 0. The predicted molar refractivity (Wildman–Crippen MR) is 286 cm³/mol. The number of hydrogen-bond donors (Lipinski definition) is 1. The molecule has 1 N–H and O–H groups in total. The van der Waals surface area contributed by atoms with Gasteiger partial charge in [0.1, 0.15) is 25.9 Å². The highest BCUT2D eigenvalue weighted by Crippen LogP contribution is 2.20. The molecule has 0 spiro atoms. The van der Waals surface area contributed by atoms with Gasteiger partial charge in [-0.05, 0) is 116 Å². The number of carbonyl (C=O) groups is 5. The van der Waals surface area contributed by atoms with Crippen molar-refractivity contribution >= 4 is 30.0 Å². The van der Waals surface area contributed by atoms with E-state index in [0.29, 0.717) is 52.0 Å². The van der Waals surface area contributed by atoms with Crippen molar-refractivity contribution in [3.05, 3.63) is 24.3 Å². The van der Waals surface area contributed by atoms with Crippen LogP contribution < -0.4 is 5.32 Å². The molecule has 0 radical (unpaired) electrons. The van der Waals surface area contributed by atoms with Crippen LogP contribution in [0.1, 0.15) is 227 Å². The predicted octanol–water partition coefficient (Wildman–Crippen LogP) is 13.1. The van der Waals surface area contributed by atoms with E-state index >= 15 is 0 Å². The van der Waals surface area contributed by atoms with Crippen molar-refractivity contribution in [3.8, 4) is 0 Å². The van der Waals surface area contributed by atoms with Crippen LogP contribution in [0.5, 0.6) is 0 Å². The number of nitrogens with one attached hydrogen (secondary N) is 1. The maximum atomic E-state index is 13.2. The van der Waals surface area contributed by atoms with E-state index in [1.54, 1.807) is 0 Å². The number of rotatable bonds is 49. The molecule has 0 aromatic rings. The highest BCUT2D eigenvalue weighted by Gasteiger charge is 2.22. The van der Waals surface area contributed by atoms with Crippen molar-refractivity contribution in [1.29, 1.82) is 0 Å². The molecule has 1 aliphatic rings. The van der Waals surface area contributed by atoms with Crippen LogP contribution in [0.3, 0.4) is 0 Å². The number of allylic oxidation sites excluding steroid dienone is 4. The minimum atomic E-state index is -0.593. The lowest BCUT2D eigenvalue weighted by molar-refractivity contribution is -0.162. The van der Waals surface area contributed by atoms with Crippen molar-refractivity contribution in [2.45, 2.75) is 240 Å². The zero-order valence-electron chi connectivity index (χ0n) is 46.2. The average Bonchev–Trinajstić information content (AvgIpc) is 3.90. The molecular weight excluding hydrogens is 917 g/mol. The summed E-state index contributed by atoms with van der Waals surface area (Å²) in [6, 6.07) is 0. The molecule has 1 aliphatic heterocycles. The summed E-state index contributed by atoms with van der Waals surface area (Å²) in [6.07, 6.45) is 32.2. The van der Waals surface area contributed by atoms with E-state index in [0.717, 1.165) is 142 Å². The molecule has 1 heterocycles. The van der Waals surface area contributed by atoms with Crippen molar-refractivity contribution < 1.29 is 57.1 Å². The van der Waals surface area contributed by atoms with Crippen LogP contribution >= 0.6 is 0 Å². The standard InChI is InChI=1S/C58H104N2O12/c1-6-11-16-19-22-29-44-66-56(67-45-30-23-20-17-12-7-2)39-38-55(63)71-49-50(48-70-54(62)37-36-52(34-15-10-5)72-58(65)59-40-43-60-41-27-28-42-60)47-69-53(61)35-26-21-24-31-46-68-57(64)51(32-14-9-4)33-25-18-13-8-3/h11-12,16-17,50-52,56H,6-10,13-15,18-49H2,1-5H3,(H,59,65)/b16-11-,17-12-. The Balaban J connectivity index is 2.76. The van der Waals surface area contributed by atoms with E-state index in [-0.39, 0.29) is 56.9 Å². The molecule has 14 heteroatoms. The number of hydrogen-bond acceptors (Lipinski definition) is 13. The Labute approximate surface area is 437 Å². The van der Waals surface area contributed by atoms with Crippen LogP contribution in [0.4, 0.5) is 4.79 Å². The van der Waals surface area contributed by atoms with Crippen molar-refractivity contribution in [1.82, 2.24) is 10.2 Å². The van der Waals surface area contributed by atoms with Gasteiger partial charge in [-0.3, -0.25) is 19.2 Å².